The topological polar surface area (TPSA) is 38.3 Å². The molecule has 0 aliphatic heterocycles. The number of ether oxygens (including phenoxy) is 1. The zero-order valence-corrected chi connectivity index (χ0v) is 6.58. The molecular formula is C8H14NO2. The third kappa shape index (κ3) is 2.89. The first kappa shape index (κ1) is 8.53. The summed E-state index contributed by atoms with van der Waals surface area (Å²) in [7, 11) is 0. The van der Waals surface area contributed by atoms with E-state index in [0.29, 0.717) is 12.5 Å². The van der Waals surface area contributed by atoms with Gasteiger partial charge in [0.15, 0.2) is 0 Å². The van der Waals surface area contributed by atoms with Crippen molar-refractivity contribution < 1.29 is 9.53 Å². The fourth-order valence-corrected chi connectivity index (χ4v) is 1.37. The summed E-state index contributed by atoms with van der Waals surface area (Å²) in [5, 5.41) is 2.46. The molecule has 1 fully saturated rings. The SMILES string of the molecule is [CH2]C(NC=O)OC1CCCC1. The molecule has 63 valence electrons. The number of hydrogen-bond donors (Lipinski definition) is 1. The minimum Gasteiger partial charge on any atom is -0.355 e. The lowest BCUT2D eigenvalue weighted by molar-refractivity contribution is -0.113. The van der Waals surface area contributed by atoms with E-state index in [1.165, 1.54) is 12.8 Å². The summed E-state index contributed by atoms with van der Waals surface area (Å²) in [6, 6.07) is 0. The fraction of sp³-hybridized carbons (Fsp3) is 0.750. The number of rotatable bonds is 4. The number of carbonyl (C=O) groups excluding carboxylic acids is 1. The summed E-state index contributed by atoms with van der Waals surface area (Å²) in [5.41, 5.74) is 0. The molecular weight excluding hydrogens is 142 g/mol. The fourth-order valence-electron chi connectivity index (χ4n) is 1.37. The van der Waals surface area contributed by atoms with Crippen LogP contribution >= 0.6 is 0 Å². The second-order valence-electron chi connectivity index (χ2n) is 2.82. The lowest BCUT2D eigenvalue weighted by Gasteiger charge is -2.16. The third-order valence-electron chi connectivity index (χ3n) is 1.91. The average Bonchev–Trinajstić information content (AvgIpc) is 2.40. The summed E-state index contributed by atoms with van der Waals surface area (Å²) in [5.74, 6) is 0. The van der Waals surface area contributed by atoms with Crippen LogP contribution in [0.2, 0.25) is 0 Å². The van der Waals surface area contributed by atoms with Gasteiger partial charge in [-0.25, -0.2) is 0 Å². The lowest BCUT2D eigenvalue weighted by atomic mass is 10.3. The van der Waals surface area contributed by atoms with Crippen molar-refractivity contribution in [2.45, 2.75) is 38.0 Å². The van der Waals surface area contributed by atoms with Crippen molar-refractivity contribution >= 4 is 6.41 Å². The Morgan fingerprint density at radius 3 is 2.73 bits per heavy atom. The highest BCUT2D eigenvalue weighted by atomic mass is 16.5. The van der Waals surface area contributed by atoms with Gasteiger partial charge in [-0.15, -0.1) is 0 Å². The normalized spacial score (nSPS) is 21.5. The van der Waals surface area contributed by atoms with Gasteiger partial charge in [0.1, 0.15) is 6.23 Å². The first-order valence-electron chi connectivity index (χ1n) is 4.01. The number of nitrogens with one attached hydrogen (secondary N) is 1. The van der Waals surface area contributed by atoms with E-state index < -0.39 is 0 Å². The minimum atomic E-state index is -0.379. The Hall–Kier alpha value is -0.570. The standard InChI is InChI=1S/C8H14NO2/c1-7(9-6-10)11-8-4-2-3-5-8/h6-8H,1-5H2,(H,9,10). The van der Waals surface area contributed by atoms with Crippen LogP contribution in [0.3, 0.4) is 0 Å². The number of amides is 1. The molecule has 0 saturated heterocycles. The first-order valence-corrected chi connectivity index (χ1v) is 4.01. The molecule has 1 aliphatic rings. The summed E-state index contributed by atoms with van der Waals surface area (Å²) < 4.78 is 5.40. The van der Waals surface area contributed by atoms with Gasteiger partial charge in [-0.05, 0) is 19.8 Å². The van der Waals surface area contributed by atoms with E-state index in [4.69, 9.17) is 4.74 Å². The van der Waals surface area contributed by atoms with Crippen LogP contribution in [0.1, 0.15) is 25.7 Å². The summed E-state index contributed by atoms with van der Waals surface area (Å²) in [6.07, 6.45) is 5.23. The zero-order chi connectivity index (χ0) is 8.10. The third-order valence-corrected chi connectivity index (χ3v) is 1.91. The highest BCUT2D eigenvalue weighted by Crippen LogP contribution is 2.21. The molecule has 0 spiro atoms. The van der Waals surface area contributed by atoms with E-state index in [1.807, 2.05) is 0 Å². The van der Waals surface area contributed by atoms with Crippen molar-refractivity contribution in [3.8, 4) is 0 Å². The van der Waals surface area contributed by atoms with Gasteiger partial charge >= 0.3 is 0 Å². The van der Waals surface area contributed by atoms with Gasteiger partial charge in [-0.1, -0.05) is 12.8 Å². The maximum atomic E-state index is 9.96. The molecule has 1 atom stereocenters. The van der Waals surface area contributed by atoms with Gasteiger partial charge in [-0.2, -0.15) is 0 Å². The van der Waals surface area contributed by atoms with Gasteiger partial charge in [0.25, 0.3) is 0 Å². The van der Waals surface area contributed by atoms with Crippen LogP contribution in [0.25, 0.3) is 0 Å². The van der Waals surface area contributed by atoms with E-state index in [-0.39, 0.29) is 6.23 Å². The summed E-state index contributed by atoms with van der Waals surface area (Å²) in [4.78, 5) is 9.96. The largest absolute Gasteiger partial charge is 0.355 e. The second-order valence-corrected chi connectivity index (χ2v) is 2.82. The molecule has 0 aromatic carbocycles. The monoisotopic (exact) mass is 156 g/mol. The molecule has 0 aromatic rings. The van der Waals surface area contributed by atoms with Crippen molar-refractivity contribution in [3.05, 3.63) is 6.92 Å². The number of carbonyl (C=O) groups is 1. The molecule has 3 nitrogen and oxygen atoms in total. The van der Waals surface area contributed by atoms with E-state index in [9.17, 15) is 4.79 Å². The van der Waals surface area contributed by atoms with Crippen molar-refractivity contribution in [1.29, 1.82) is 0 Å². The van der Waals surface area contributed by atoms with E-state index in [2.05, 4.69) is 12.2 Å². The number of hydrogen-bond acceptors (Lipinski definition) is 2. The van der Waals surface area contributed by atoms with E-state index in [0.717, 1.165) is 12.8 Å². The molecule has 0 heterocycles. The van der Waals surface area contributed by atoms with Crippen LogP contribution in [-0.2, 0) is 9.53 Å². The molecule has 1 unspecified atom stereocenters. The maximum absolute atomic E-state index is 9.96. The molecule has 1 amide bonds. The predicted molar refractivity (Wildman–Crippen MR) is 41.7 cm³/mol. The Bertz CT molecular complexity index is 121. The van der Waals surface area contributed by atoms with E-state index in [1.54, 1.807) is 0 Å². The Labute approximate surface area is 67.1 Å². The average molecular weight is 156 g/mol. The Morgan fingerprint density at radius 1 is 1.55 bits per heavy atom. The Balaban J connectivity index is 2.12. The maximum Gasteiger partial charge on any atom is 0.209 e. The molecule has 1 saturated carbocycles. The van der Waals surface area contributed by atoms with Gasteiger partial charge < -0.3 is 10.1 Å². The Kier molecular flexibility index (Phi) is 3.36. The smallest absolute Gasteiger partial charge is 0.209 e. The van der Waals surface area contributed by atoms with Crippen molar-refractivity contribution in [3.63, 3.8) is 0 Å². The van der Waals surface area contributed by atoms with Crippen molar-refractivity contribution in [2.75, 3.05) is 0 Å². The highest BCUT2D eigenvalue weighted by molar-refractivity contribution is 5.46. The van der Waals surface area contributed by atoms with Crippen LogP contribution in [0.15, 0.2) is 0 Å². The van der Waals surface area contributed by atoms with Crippen molar-refractivity contribution in [2.24, 2.45) is 0 Å². The lowest BCUT2D eigenvalue weighted by Crippen LogP contribution is -2.31. The van der Waals surface area contributed by atoms with Crippen LogP contribution < -0.4 is 5.32 Å². The van der Waals surface area contributed by atoms with Gasteiger partial charge in [-0.3, -0.25) is 4.79 Å². The van der Waals surface area contributed by atoms with Crippen LogP contribution in [0.5, 0.6) is 0 Å². The van der Waals surface area contributed by atoms with Crippen LogP contribution in [-0.4, -0.2) is 18.7 Å². The summed E-state index contributed by atoms with van der Waals surface area (Å²) in [6.45, 7) is 3.63. The van der Waals surface area contributed by atoms with E-state index >= 15 is 0 Å². The molecule has 1 rings (SSSR count). The molecule has 3 heteroatoms. The molecule has 1 aliphatic carbocycles. The quantitative estimate of drug-likeness (QED) is 0.484. The zero-order valence-electron chi connectivity index (χ0n) is 6.58. The van der Waals surface area contributed by atoms with Crippen LogP contribution in [0, 0.1) is 6.92 Å². The molecule has 11 heavy (non-hydrogen) atoms. The summed E-state index contributed by atoms with van der Waals surface area (Å²) >= 11 is 0. The molecule has 0 aromatic heterocycles. The first-order chi connectivity index (χ1) is 5.33. The van der Waals surface area contributed by atoms with Gasteiger partial charge in [0.2, 0.25) is 6.41 Å². The second kappa shape index (κ2) is 4.34. The van der Waals surface area contributed by atoms with Crippen molar-refractivity contribution in [1.82, 2.24) is 5.32 Å². The predicted octanol–water partition coefficient (Wildman–Crippen LogP) is 0.852. The highest BCUT2D eigenvalue weighted by Gasteiger charge is 2.17. The molecule has 1 N–H and O–H groups in total. The van der Waals surface area contributed by atoms with Crippen LogP contribution in [0.4, 0.5) is 0 Å². The molecule has 0 bridgehead atoms. The van der Waals surface area contributed by atoms with Gasteiger partial charge in [0.05, 0.1) is 6.10 Å². The van der Waals surface area contributed by atoms with Gasteiger partial charge in [0, 0.05) is 0 Å². The Morgan fingerprint density at radius 2 is 2.18 bits per heavy atom. The molecule has 1 radical (unpaired) electrons. The minimum absolute atomic E-state index is 0.310.